The molecule has 0 saturated heterocycles. The summed E-state index contributed by atoms with van der Waals surface area (Å²) >= 11 is 3.16. The molecule has 0 spiro atoms. The van der Waals surface area contributed by atoms with Crippen molar-refractivity contribution in [3.63, 3.8) is 0 Å². The first-order valence-electron chi connectivity index (χ1n) is 3.82. The maximum atomic E-state index is 13.1. The Morgan fingerprint density at radius 3 is 2.86 bits per heavy atom. The van der Waals surface area contributed by atoms with E-state index in [-0.39, 0.29) is 12.0 Å². The predicted octanol–water partition coefficient (Wildman–Crippen LogP) is 1.82. The molecule has 4 heteroatoms. The molecule has 0 fully saturated rings. The molecule has 0 aliphatic heterocycles. The zero-order chi connectivity index (χ0) is 10.6. The molecule has 0 radical (unpaired) electrons. The highest BCUT2D eigenvalue weighted by Crippen LogP contribution is 2.18. The molecule has 2 nitrogen and oxygen atoms in total. The van der Waals surface area contributed by atoms with Gasteiger partial charge in [-0.25, -0.2) is 4.39 Å². The molecule has 0 heterocycles. The van der Waals surface area contributed by atoms with Crippen molar-refractivity contribution < 1.29 is 9.18 Å². The number of amides is 1. The Hall–Kier alpha value is -1.34. The van der Waals surface area contributed by atoms with E-state index >= 15 is 0 Å². The Balaban J connectivity index is 2.94. The van der Waals surface area contributed by atoms with Gasteiger partial charge in [0.1, 0.15) is 5.82 Å². The first-order valence-corrected chi connectivity index (χ1v) is 4.61. The first-order chi connectivity index (χ1) is 6.61. The molecule has 1 aromatic rings. The third-order valence-corrected chi connectivity index (χ3v) is 2.10. The van der Waals surface area contributed by atoms with Crippen LogP contribution in [0.4, 0.5) is 4.39 Å². The van der Waals surface area contributed by atoms with Crippen LogP contribution in [0.5, 0.6) is 0 Å². The Labute approximate surface area is 89.4 Å². The van der Waals surface area contributed by atoms with Crippen molar-refractivity contribution in [1.82, 2.24) is 0 Å². The second-order valence-corrected chi connectivity index (χ2v) is 3.40. The highest BCUT2D eigenvalue weighted by molar-refractivity contribution is 9.10. The van der Waals surface area contributed by atoms with Gasteiger partial charge in [-0.05, 0) is 28.1 Å². The van der Waals surface area contributed by atoms with Crippen LogP contribution in [0.1, 0.15) is 12.0 Å². The van der Waals surface area contributed by atoms with Crippen LogP contribution >= 0.6 is 15.9 Å². The summed E-state index contributed by atoms with van der Waals surface area (Å²) in [5.41, 5.74) is 5.13. The van der Waals surface area contributed by atoms with Crippen LogP contribution in [0.2, 0.25) is 0 Å². The molecule has 0 aliphatic rings. The van der Waals surface area contributed by atoms with E-state index in [2.05, 4.69) is 27.8 Å². The Morgan fingerprint density at radius 1 is 1.57 bits per heavy atom. The van der Waals surface area contributed by atoms with Crippen molar-refractivity contribution in [1.29, 1.82) is 0 Å². The van der Waals surface area contributed by atoms with Gasteiger partial charge in [0.25, 0.3) is 0 Å². The van der Waals surface area contributed by atoms with E-state index in [1.165, 1.54) is 6.07 Å². The summed E-state index contributed by atoms with van der Waals surface area (Å²) in [7, 11) is 0. The zero-order valence-electron chi connectivity index (χ0n) is 7.18. The molecule has 0 unspecified atom stereocenters. The summed E-state index contributed by atoms with van der Waals surface area (Å²) in [4.78, 5) is 10.4. The van der Waals surface area contributed by atoms with Crippen molar-refractivity contribution in [3.8, 4) is 11.8 Å². The summed E-state index contributed by atoms with van der Waals surface area (Å²) in [5.74, 6) is 4.08. The average Bonchev–Trinajstić information content (AvgIpc) is 2.09. The minimum atomic E-state index is -0.523. The summed E-state index contributed by atoms with van der Waals surface area (Å²) in [6.07, 6.45) is -0.0687. The SMILES string of the molecule is NC(=O)CC#Cc1c(F)cccc1Br. The van der Waals surface area contributed by atoms with Gasteiger partial charge >= 0.3 is 0 Å². The fourth-order valence-corrected chi connectivity index (χ4v) is 1.28. The molecule has 2 N–H and O–H groups in total. The standard InChI is InChI=1S/C10H7BrFNO/c11-8-4-2-5-9(12)7(8)3-1-6-10(13)14/h2,4-5H,6H2,(H2,13,14). The molecule has 1 amide bonds. The van der Waals surface area contributed by atoms with E-state index in [1.807, 2.05) is 0 Å². The molecule has 1 aromatic carbocycles. The minimum absolute atomic E-state index is 0.0687. The lowest BCUT2D eigenvalue weighted by Crippen LogP contribution is -2.08. The van der Waals surface area contributed by atoms with Gasteiger partial charge in [-0.2, -0.15) is 0 Å². The minimum Gasteiger partial charge on any atom is -0.369 e. The molecule has 14 heavy (non-hydrogen) atoms. The maximum Gasteiger partial charge on any atom is 0.229 e. The monoisotopic (exact) mass is 255 g/mol. The number of primary amides is 1. The van der Waals surface area contributed by atoms with E-state index in [4.69, 9.17) is 5.73 Å². The smallest absolute Gasteiger partial charge is 0.229 e. The fourth-order valence-electron chi connectivity index (χ4n) is 0.837. The maximum absolute atomic E-state index is 13.1. The van der Waals surface area contributed by atoms with Crippen LogP contribution in [0.15, 0.2) is 22.7 Å². The van der Waals surface area contributed by atoms with E-state index in [0.29, 0.717) is 4.47 Å². The molecule has 0 aromatic heterocycles. The summed E-state index contributed by atoms with van der Waals surface area (Å²) in [6.45, 7) is 0. The van der Waals surface area contributed by atoms with E-state index in [9.17, 15) is 9.18 Å². The van der Waals surface area contributed by atoms with Gasteiger partial charge < -0.3 is 5.73 Å². The zero-order valence-corrected chi connectivity index (χ0v) is 8.77. The van der Waals surface area contributed by atoms with Gasteiger partial charge in [-0.1, -0.05) is 17.9 Å². The van der Waals surface area contributed by atoms with E-state index in [1.54, 1.807) is 12.1 Å². The highest BCUT2D eigenvalue weighted by atomic mass is 79.9. The van der Waals surface area contributed by atoms with Gasteiger partial charge in [0.05, 0.1) is 12.0 Å². The Kier molecular flexibility index (Phi) is 3.66. The lowest BCUT2D eigenvalue weighted by molar-refractivity contribution is -0.117. The second kappa shape index (κ2) is 4.77. The van der Waals surface area contributed by atoms with Crippen molar-refractivity contribution in [2.75, 3.05) is 0 Å². The molecule has 0 atom stereocenters. The second-order valence-electron chi connectivity index (χ2n) is 2.54. The van der Waals surface area contributed by atoms with Crippen LogP contribution < -0.4 is 5.73 Å². The third-order valence-electron chi connectivity index (χ3n) is 1.44. The van der Waals surface area contributed by atoms with Crippen LogP contribution in [0, 0.1) is 17.7 Å². The summed E-state index contributed by atoms with van der Waals surface area (Å²) in [5, 5.41) is 0. The number of halogens is 2. The summed E-state index contributed by atoms with van der Waals surface area (Å²) < 4.78 is 13.7. The summed E-state index contributed by atoms with van der Waals surface area (Å²) in [6, 6.07) is 4.55. The average molecular weight is 256 g/mol. The lowest BCUT2D eigenvalue weighted by Gasteiger charge is -1.96. The van der Waals surface area contributed by atoms with E-state index < -0.39 is 11.7 Å². The number of rotatable bonds is 1. The lowest BCUT2D eigenvalue weighted by atomic mass is 10.2. The normalized spacial score (nSPS) is 9.00. The number of carbonyl (C=O) groups is 1. The van der Waals surface area contributed by atoms with Crippen LogP contribution in [-0.2, 0) is 4.79 Å². The largest absolute Gasteiger partial charge is 0.369 e. The number of benzene rings is 1. The van der Waals surface area contributed by atoms with Crippen LogP contribution in [-0.4, -0.2) is 5.91 Å². The fraction of sp³-hybridized carbons (Fsp3) is 0.100. The molecule has 72 valence electrons. The van der Waals surface area contributed by atoms with Gasteiger partial charge in [0.2, 0.25) is 5.91 Å². The van der Waals surface area contributed by atoms with Crippen molar-refractivity contribution >= 4 is 21.8 Å². The number of carbonyl (C=O) groups excluding carboxylic acids is 1. The highest BCUT2D eigenvalue weighted by Gasteiger charge is 2.02. The molecule has 1 rings (SSSR count). The van der Waals surface area contributed by atoms with Gasteiger partial charge in [0, 0.05) is 4.47 Å². The first kappa shape index (κ1) is 10.7. The Bertz CT molecular complexity index is 400. The quantitative estimate of drug-likeness (QED) is 0.765. The van der Waals surface area contributed by atoms with Crippen molar-refractivity contribution in [2.45, 2.75) is 6.42 Å². The van der Waals surface area contributed by atoms with Gasteiger partial charge in [-0.15, -0.1) is 0 Å². The molecular weight excluding hydrogens is 249 g/mol. The van der Waals surface area contributed by atoms with Crippen LogP contribution in [0.3, 0.4) is 0 Å². The number of hydrogen-bond acceptors (Lipinski definition) is 1. The predicted molar refractivity (Wildman–Crippen MR) is 54.8 cm³/mol. The molecule has 0 aliphatic carbocycles. The molecule has 0 saturated carbocycles. The number of hydrogen-bond donors (Lipinski definition) is 1. The van der Waals surface area contributed by atoms with Crippen LogP contribution in [0.25, 0.3) is 0 Å². The third kappa shape index (κ3) is 2.86. The van der Waals surface area contributed by atoms with Gasteiger partial charge in [0.15, 0.2) is 0 Å². The van der Waals surface area contributed by atoms with Crippen molar-refractivity contribution in [3.05, 3.63) is 34.1 Å². The number of nitrogens with two attached hydrogens (primary N) is 1. The van der Waals surface area contributed by atoms with Crippen molar-refractivity contribution in [2.24, 2.45) is 5.73 Å². The Morgan fingerprint density at radius 2 is 2.29 bits per heavy atom. The molecule has 0 bridgehead atoms. The van der Waals surface area contributed by atoms with Gasteiger partial charge in [-0.3, -0.25) is 4.79 Å². The molecular formula is C10H7BrFNO. The van der Waals surface area contributed by atoms with E-state index in [0.717, 1.165) is 0 Å². The topological polar surface area (TPSA) is 43.1 Å².